The van der Waals surface area contributed by atoms with Gasteiger partial charge in [-0.3, -0.25) is 0 Å². The minimum absolute atomic E-state index is 0.782. The number of rotatable bonds is 11. The van der Waals surface area contributed by atoms with Crippen molar-refractivity contribution >= 4 is 37.7 Å². The Morgan fingerprint density at radius 2 is 1.02 bits per heavy atom. The SMILES string of the molecule is CCCCC(CC)CBr.CCCCC(CC)Cn1c2ccccc2c2ccccc21.c1ccc2c(c1)Cc1ccccc1-2. The lowest BCUT2D eigenvalue weighted by atomic mass is 9.99. The van der Waals surface area contributed by atoms with Crippen LogP contribution in [0.4, 0.5) is 0 Å². The van der Waals surface area contributed by atoms with Gasteiger partial charge in [0, 0.05) is 33.7 Å². The number of hydrogen-bond donors (Lipinski definition) is 0. The Labute approximate surface area is 269 Å². The van der Waals surface area contributed by atoms with Crippen molar-refractivity contribution in [1.29, 1.82) is 0 Å². The van der Waals surface area contributed by atoms with Gasteiger partial charge in [-0.05, 0) is 65.5 Å². The number of fused-ring (bicyclic) bond motifs is 6. The van der Waals surface area contributed by atoms with Crippen LogP contribution in [-0.2, 0) is 13.0 Å². The fraction of sp³-hybridized carbons (Fsp3) is 0.415. The second kappa shape index (κ2) is 17.5. The Hall–Kier alpha value is -2.84. The van der Waals surface area contributed by atoms with Crippen LogP contribution >= 0.6 is 15.9 Å². The molecule has 0 saturated carbocycles. The first-order chi connectivity index (χ1) is 21.1. The molecule has 0 radical (unpaired) electrons. The summed E-state index contributed by atoms with van der Waals surface area (Å²) in [6, 6.07) is 35.0. The first kappa shape index (κ1) is 33.1. The van der Waals surface area contributed by atoms with Crippen molar-refractivity contribution in [2.45, 2.75) is 92.0 Å². The van der Waals surface area contributed by atoms with Crippen molar-refractivity contribution in [1.82, 2.24) is 4.57 Å². The zero-order chi connectivity index (χ0) is 30.4. The highest BCUT2D eigenvalue weighted by atomic mass is 79.9. The lowest BCUT2D eigenvalue weighted by molar-refractivity contribution is 0.401. The fourth-order valence-corrected chi connectivity index (χ4v) is 7.12. The first-order valence-corrected chi connectivity index (χ1v) is 17.9. The quantitative estimate of drug-likeness (QED) is 0.124. The lowest BCUT2D eigenvalue weighted by Gasteiger charge is -2.17. The van der Waals surface area contributed by atoms with E-state index < -0.39 is 0 Å². The minimum Gasteiger partial charge on any atom is -0.340 e. The molecule has 0 N–H and O–H groups in total. The number of hydrogen-bond acceptors (Lipinski definition) is 0. The number of nitrogens with zero attached hydrogens (tertiary/aromatic N) is 1. The average molecular weight is 639 g/mol. The fourth-order valence-electron chi connectivity index (χ4n) is 6.34. The molecule has 6 rings (SSSR count). The van der Waals surface area contributed by atoms with Gasteiger partial charge in [-0.2, -0.15) is 0 Å². The van der Waals surface area contributed by atoms with Crippen LogP contribution in [0.2, 0.25) is 0 Å². The van der Waals surface area contributed by atoms with Crippen LogP contribution in [0.25, 0.3) is 32.9 Å². The normalized spacial score (nSPS) is 13.0. The Balaban J connectivity index is 0.000000164. The van der Waals surface area contributed by atoms with Crippen LogP contribution < -0.4 is 0 Å². The van der Waals surface area contributed by atoms with Gasteiger partial charge in [-0.25, -0.2) is 0 Å². The predicted octanol–water partition coefficient (Wildman–Crippen LogP) is 12.9. The van der Waals surface area contributed by atoms with Crippen molar-refractivity contribution in [2.75, 3.05) is 5.33 Å². The summed E-state index contributed by atoms with van der Waals surface area (Å²) in [4.78, 5) is 0. The largest absolute Gasteiger partial charge is 0.340 e. The molecule has 5 aromatic rings. The molecule has 0 aliphatic heterocycles. The van der Waals surface area contributed by atoms with E-state index in [0.29, 0.717) is 0 Å². The summed E-state index contributed by atoms with van der Waals surface area (Å²) in [5.41, 5.74) is 8.52. The Bertz CT molecular complexity index is 1430. The van der Waals surface area contributed by atoms with Gasteiger partial charge >= 0.3 is 0 Å². The van der Waals surface area contributed by atoms with E-state index in [1.807, 2.05) is 0 Å². The first-order valence-electron chi connectivity index (χ1n) is 16.8. The number of benzene rings is 4. The molecular formula is C41H52BrN. The van der Waals surface area contributed by atoms with Crippen molar-refractivity contribution in [3.8, 4) is 11.1 Å². The molecule has 4 aromatic carbocycles. The number of alkyl halides is 1. The molecule has 1 aromatic heterocycles. The third kappa shape index (κ3) is 8.63. The standard InChI is InChI=1S/C20H25N.C13H10.C8H17Br/c1-3-5-10-16(4-2)15-21-19-13-8-6-11-17(19)18-12-7-9-14-20(18)21;1-3-7-12-10(5-1)9-11-6-2-4-8-13(11)12;1-3-5-6-8(4-2)7-9/h6-9,11-14,16H,3-5,10,15H2,1-2H3;1-8H,9H2;8H,3-7H2,1-2H3. The van der Waals surface area contributed by atoms with Gasteiger partial charge in [0.2, 0.25) is 0 Å². The number of aromatic nitrogens is 1. The Morgan fingerprint density at radius 3 is 1.49 bits per heavy atom. The molecule has 2 atom stereocenters. The van der Waals surface area contributed by atoms with Crippen LogP contribution in [0.1, 0.15) is 90.2 Å². The molecule has 0 fully saturated rings. The third-order valence-electron chi connectivity index (χ3n) is 9.13. The smallest absolute Gasteiger partial charge is 0.0491 e. The average Bonchev–Trinajstić information content (AvgIpc) is 3.60. The molecule has 1 aliphatic rings. The monoisotopic (exact) mass is 637 g/mol. The van der Waals surface area contributed by atoms with E-state index in [1.165, 1.54) is 101 Å². The summed E-state index contributed by atoms with van der Waals surface area (Å²) < 4.78 is 2.54. The topological polar surface area (TPSA) is 4.93 Å². The van der Waals surface area contributed by atoms with Crippen LogP contribution in [0.15, 0.2) is 97.1 Å². The molecule has 1 heterocycles. The molecule has 2 heteroatoms. The molecule has 228 valence electrons. The number of para-hydroxylation sites is 2. The number of halogens is 1. The van der Waals surface area contributed by atoms with E-state index in [-0.39, 0.29) is 0 Å². The van der Waals surface area contributed by atoms with E-state index in [9.17, 15) is 0 Å². The molecule has 0 amide bonds. The van der Waals surface area contributed by atoms with E-state index >= 15 is 0 Å². The van der Waals surface area contributed by atoms with Crippen molar-refractivity contribution in [2.24, 2.45) is 11.8 Å². The van der Waals surface area contributed by atoms with Gasteiger partial charge in [0.15, 0.2) is 0 Å². The maximum atomic E-state index is 3.51. The van der Waals surface area contributed by atoms with Crippen LogP contribution in [0.3, 0.4) is 0 Å². The summed E-state index contributed by atoms with van der Waals surface area (Å²) in [5, 5.41) is 3.96. The van der Waals surface area contributed by atoms with E-state index in [2.05, 4.69) is 145 Å². The van der Waals surface area contributed by atoms with Gasteiger partial charge in [-0.1, -0.05) is 167 Å². The van der Waals surface area contributed by atoms with Gasteiger partial charge in [0.25, 0.3) is 0 Å². The minimum atomic E-state index is 0.782. The van der Waals surface area contributed by atoms with Crippen LogP contribution in [-0.4, -0.2) is 9.90 Å². The second-order valence-electron chi connectivity index (χ2n) is 12.1. The predicted molar refractivity (Wildman–Crippen MR) is 195 cm³/mol. The van der Waals surface area contributed by atoms with Gasteiger partial charge in [0.05, 0.1) is 0 Å². The zero-order valence-electron chi connectivity index (χ0n) is 27.0. The molecular weight excluding hydrogens is 586 g/mol. The van der Waals surface area contributed by atoms with Crippen molar-refractivity contribution in [3.05, 3.63) is 108 Å². The Kier molecular flexibility index (Phi) is 13.4. The summed E-state index contributed by atoms with van der Waals surface area (Å²) in [5.74, 6) is 1.70. The highest BCUT2D eigenvalue weighted by Crippen LogP contribution is 2.35. The highest BCUT2D eigenvalue weighted by molar-refractivity contribution is 9.09. The molecule has 1 nitrogen and oxygen atoms in total. The van der Waals surface area contributed by atoms with E-state index in [1.54, 1.807) is 0 Å². The van der Waals surface area contributed by atoms with E-state index in [0.717, 1.165) is 24.8 Å². The second-order valence-corrected chi connectivity index (χ2v) is 12.8. The van der Waals surface area contributed by atoms with Gasteiger partial charge in [-0.15, -0.1) is 0 Å². The zero-order valence-corrected chi connectivity index (χ0v) is 28.6. The molecule has 1 aliphatic carbocycles. The summed E-state index contributed by atoms with van der Waals surface area (Å²) in [6.07, 6.45) is 11.8. The third-order valence-corrected chi connectivity index (χ3v) is 10.0. The van der Waals surface area contributed by atoms with Crippen molar-refractivity contribution in [3.63, 3.8) is 0 Å². The highest BCUT2D eigenvalue weighted by Gasteiger charge is 2.16. The summed E-state index contributed by atoms with van der Waals surface area (Å²) in [6.45, 7) is 10.3. The number of unbranched alkanes of at least 4 members (excludes halogenated alkanes) is 2. The molecule has 43 heavy (non-hydrogen) atoms. The molecule has 0 saturated heterocycles. The van der Waals surface area contributed by atoms with Gasteiger partial charge < -0.3 is 4.57 Å². The molecule has 2 unspecified atom stereocenters. The van der Waals surface area contributed by atoms with Crippen molar-refractivity contribution < 1.29 is 0 Å². The summed E-state index contributed by atoms with van der Waals surface area (Å²) >= 11 is 3.51. The lowest BCUT2D eigenvalue weighted by Crippen LogP contribution is -2.10. The van der Waals surface area contributed by atoms with Gasteiger partial charge in [0.1, 0.15) is 0 Å². The van der Waals surface area contributed by atoms with Crippen LogP contribution in [0.5, 0.6) is 0 Å². The van der Waals surface area contributed by atoms with E-state index in [4.69, 9.17) is 0 Å². The molecule has 0 spiro atoms. The van der Waals surface area contributed by atoms with Crippen LogP contribution in [0, 0.1) is 11.8 Å². The maximum absolute atomic E-state index is 3.51. The maximum Gasteiger partial charge on any atom is 0.0491 e. The molecule has 0 bridgehead atoms. The Morgan fingerprint density at radius 1 is 0.581 bits per heavy atom. The summed E-state index contributed by atoms with van der Waals surface area (Å²) in [7, 11) is 0.